The number of ketones is 1. The summed E-state index contributed by atoms with van der Waals surface area (Å²) in [6, 6.07) is 7.31. The summed E-state index contributed by atoms with van der Waals surface area (Å²) in [4.78, 5) is 31.2. The van der Waals surface area contributed by atoms with Crippen LogP contribution in [0.15, 0.2) is 42.6 Å². The van der Waals surface area contributed by atoms with E-state index < -0.39 is 23.6 Å². The molecule has 0 aliphatic carbocycles. The Morgan fingerprint density at radius 2 is 1.83 bits per heavy atom. The summed E-state index contributed by atoms with van der Waals surface area (Å²) in [6.07, 6.45) is 1.67. The first kappa shape index (κ1) is 22.5. The van der Waals surface area contributed by atoms with E-state index in [0.29, 0.717) is 23.4 Å². The number of aromatic nitrogens is 1. The summed E-state index contributed by atoms with van der Waals surface area (Å²) in [5.41, 5.74) is 6.31. The molecule has 0 fully saturated rings. The van der Waals surface area contributed by atoms with Crippen molar-refractivity contribution in [3.8, 4) is 0 Å². The van der Waals surface area contributed by atoms with E-state index in [2.05, 4.69) is 4.98 Å². The quantitative estimate of drug-likeness (QED) is 0.713. The largest absolute Gasteiger partial charge is 0.443 e. The molecule has 0 aliphatic heterocycles. The molecule has 2 rings (SSSR count). The van der Waals surface area contributed by atoms with Gasteiger partial charge in [-0.15, -0.1) is 0 Å². The lowest BCUT2D eigenvalue weighted by atomic mass is 9.99. The lowest BCUT2D eigenvalue weighted by molar-refractivity contribution is 0.0565. The highest BCUT2D eigenvalue weighted by Gasteiger charge is 2.28. The number of hydrogen-bond acceptors (Lipinski definition) is 5. The minimum atomic E-state index is -0.973. The number of hydrogen-bond donors (Lipinski definition) is 1. The fraction of sp³-hybridized carbons (Fsp3) is 0.409. The Labute approximate surface area is 170 Å². The van der Waals surface area contributed by atoms with E-state index in [1.54, 1.807) is 32.9 Å². The lowest BCUT2D eigenvalue weighted by Gasteiger charge is -2.31. The number of nitrogens with two attached hydrogens (primary N) is 1. The number of nitrogens with zero attached hydrogens (tertiary/aromatic N) is 2. The molecular weight excluding hydrogens is 373 g/mol. The van der Waals surface area contributed by atoms with Crippen molar-refractivity contribution in [1.82, 2.24) is 4.98 Å². The average Bonchev–Trinajstić information content (AvgIpc) is 2.66. The molecule has 1 amide bonds. The Hall–Kier alpha value is -2.80. The van der Waals surface area contributed by atoms with E-state index in [4.69, 9.17) is 10.5 Å². The van der Waals surface area contributed by atoms with Crippen LogP contribution in [0.1, 0.15) is 63.0 Å². The van der Waals surface area contributed by atoms with Gasteiger partial charge in [0.25, 0.3) is 0 Å². The molecule has 2 N–H and O–H groups in total. The van der Waals surface area contributed by atoms with Crippen LogP contribution in [0.25, 0.3) is 0 Å². The van der Waals surface area contributed by atoms with E-state index >= 15 is 0 Å². The molecule has 2 atom stereocenters. The molecular formula is C22H28FN3O3. The van der Waals surface area contributed by atoms with E-state index in [1.807, 2.05) is 13.8 Å². The van der Waals surface area contributed by atoms with Gasteiger partial charge in [0.05, 0.1) is 6.04 Å². The van der Waals surface area contributed by atoms with Crippen molar-refractivity contribution >= 4 is 17.7 Å². The second kappa shape index (κ2) is 9.13. The van der Waals surface area contributed by atoms with Gasteiger partial charge in [-0.2, -0.15) is 0 Å². The Morgan fingerprint density at radius 3 is 2.38 bits per heavy atom. The number of rotatable bonds is 6. The second-order valence-corrected chi connectivity index (χ2v) is 7.90. The van der Waals surface area contributed by atoms with Gasteiger partial charge in [-0.3, -0.25) is 9.69 Å². The molecule has 2 unspecified atom stereocenters. The van der Waals surface area contributed by atoms with Gasteiger partial charge in [0.2, 0.25) is 0 Å². The minimum absolute atomic E-state index is 0.170. The van der Waals surface area contributed by atoms with Crippen LogP contribution in [0.2, 0.25) is 0 Å². The van der Waals surface area contributed by atoms with Gasteiger partial charge >= 0.3 is 6.09 Å². The van der Waals surface area contributed by atoms with E-state index in [1.165, 1.54) is 35.4 Å². The molecule has 7 heteroatoms. The summed E-state index contributed by atoms with van der Waals surface area (Å²) >= 11 is 0. The van der Waals surface area contributed by atoms with Crippen LogP contribution in [0.5, 0.6) is 0 Å². The van der Waals surface area contributed by atoms with Crippen LogP contribution in [0.3, 0.4) is 0 Å². The van der Waals surface area contributed by atoms with Crippen LogP contribution in [0, 0.1) is 5.82 Å². The third-order valence-electron chi connectivity index (χ3n) is 4.41. The number of benzene rings is 1. The predicted molar refractivity (Wildman–Crippen MR) is 110 cm³/mol. The maximum Gasteiger partial charge on any atom is 0.416 e. The Kier molecular flexibility index (Phi) is 7.08. The zero-order valence-electron chi connectivity index (χ0n) is 17.5. The number of Topliss-reactive ketones (excluding diaryl/α,β-unsaturated/α-hetero) is 1. The Morgan fingerprint density at radius 1 is 1.21 bits per heavy atom. The van der Waals surface area contributed by atoms with Crippen molar-refractivity contribution in [3.05, 3.63) is 59.5 Å². The molecule has 156 valence electrons. The predicted octanol–water partition coefficient (Wildman–Crippen LogP) is 4.64. The fourth-order valence-electron chi connectivity index (χ4n) is 2.70. The monoisotopic (exact) mass is 401 g/mol. The van der Waals surface area contributed by atoms with Gasteiger partial charge in [-0.25, -0.2) is 14.2 Å². The molecule has 0 saturated heterocycles. The molecule has 0 aliphatic rings. The maximum absolute atomic E-state index is 13.1. The third kappa shape index (κ3) is 5.84. The normalized spacial score (nSPS) is 13.5. The smallest absolute Gasteiger partial charge is 0.416 e. The number of pyridine rings is 1. The summed E-state index contributed by atoms with van der Waals surface area (Å²) in [5.74, 6) is -0.425. The van der Waals surface area contributed by atoms with Crippen molar-refractivity contribution in [3.63, 3.8) is 0 Å². The molecule has 2 aromatic rings. The van der Waals surface area contributed by atoms with Gasteiger partial charge in [0.15, 0.2) is 5.78 Å². The van der Waals surface area contributed by atoms with Crippen molar-refractivity contribution in [1.29, 1.82) is 0 Å². The molecule has 29 heavy (non-hydrogen) atoms. The van der Waals surface area contributed by atoms with E-state index in [0.717, 1.165) is 0 Å². The Balaban J connectivity index is 2.34. The van der Waals surface area contributed by atoms with E-state index in [-0.39, 0.29) is 11.8 Å². The highest BCUT2D eigenvalue weighted by atomic mass is 19.1. The summed E-state index contributed by atoms with van der Waals surface area (Å²) in [5, 5.41) is 0. The lowest BCUT2D eigenvalue weighted by Crippen LogP contribution is -2.42. The molecule has 6 nitrogen and oxygen atoms in total. The van der Waals surface area contributed by atoms with Crippen LogP contribution in [-0.4, -0.2) is 28.5 Å². The molecule has 0 spiro atoms. The number of halogens is 1. The SMILES string of the molecule is CCC(C)N(C(=O)OC(C)(C)C)c1cc(C(N)C(=O)c2ccc(F)cc2)ccn1. The zero-order chi connectivity index (χ0) is 21.8. The number of anilines is 1. The third-order valence-corrected chi connectivity index (χ3v) is 4.41. The highest BCUT2D eigenvalue weighted by molar-refractivity contribution is 6.00. The van der Waals surface area contributed by atoms with Crippen molar-refractivity contribution in [2.24, 2.45) is 5.73 Å². The zero-order valence-corrected chi connectivity index (χ0v) is 17.5. The summed E-state index contributed by atoms with van der Waals surface area (Å²) in [6.45, 7) is 9.22. The average molecular weight is 401 g/mol. The van der Waals surface area contributed by atoms with E-state index in [9.17, 15) is 14.0 Å². The number of amides is 1. The maximum atomic E-state index is 13.1. The summed E-state index contributed by atoms with van der Waals surface area (Å²) in [7, 11) is 0. The first-order chi connectivity index (χ1) is 13.5. The number of carbonyl (C=O) groups excluding carboxylic acids is 2. The van der Waals surface area contributed by atoms with Gasteiger partial charge in [0, 0.05) is 17.8 Å². The van der Waals surface area contributed by atoms with Crippen LogP contribution in [0.4, 0.5) is 15.0 Å². The molecule has 0 radical (unpaired) electrons. The highest BCUT2D eigenvalue weighted by Crippen LogP contribution is 2.24. The molecule has 1 aromatic heterocycles. The minimum Gasteiger partial charge on any atom is -0.443 e. The Bertz CT molecular complexity index is 862. The summed E-state index contributed by atoms with van der Waals surface area (Å²) < 4.78 is 18.6. The van der Waals surface area contributed by atoms with Gasteiger partial charge in [-0.1, -0.05) is 6.92 Å². The van der Waals surface area contributed by atoms with Gasteiger partial charge in [-0.05, 0) is 76.1 Å². The second-order valence-electron chi connectivity index (χ2n) is 7.90. The van der Waals surface area contributed by atoms with Crippen molar-refractivity contribution in [2.75, 3.05) is 4.90 Å². The molecule has 0 saturated carbocycles. The van der Waals surface area contributed by atoms with Gasteiger partial charge in [0.1, 0.15) is 17.2 Å². The first-order valence-electron chi connectivity index (χ1n) is 9.57. The fourth-order valence-corrected chi connectivity index (χ4v) is 2.70. The first-order valence-corrected chi connectivity index (χ1v) is 9.57. The topological polar surface area (TPSA) is 85.5 Å². The molecule has 1 heterocycles. The molecule has 1 aromatic carbocycles. The van der Waals surface area contributed by atoms with Gasteiger partial charge < -0.3 is 10.5 Å². The number of carbonyl (C=O) groups is 2. The van der Waals surface area contributed by atoms with Crippen LogP contribution < -0.4 is 10.6 Å². The number of ether oxygens (including phenoxy) is 1. The van der Waals surface area contributed by atoms with Crippen molar-refractivity contribution in [2.45, 2.75) is 58.7 Å². The van der Waals surface area contributed by atoms with Crippen LogP contribution in [-0.2, 0) is 4.74 Å². The van der Waals surface area contributed by atoms with Crippen molar-refractivity contribution < 1.29 is 18.7 Å². The van der Waals surface area contributed by atoms with Crippen LogP contribution >= 0.6 is 0 Å². The molecule has 0 bridgehead atoms. The standard InChI is InChI=1S/C22H28FN3O3/c1-6-14(2)26(21(28)29-22(3,4)5)18-13-16(11-12-25-18)19(24)20(27)15-7-9-17(23)10-8-15/h7-14,19H,6,24H2,1-5H3.